The van der Waals surface area contributed by atoms with Crippen molar-refractivity contribution in [3.05, 3.63) is 12.0 Å². The van der Waals surface area contributed by atoms with Gasteiger partial charge in [0.05, 0.1) is 18.8 Å². The first kappa shape index (κ1) is 26.5. The van der Waals surface area contributed by atoms with Crippen molar-refractivity contribution in [1.29, 1.82) is 0 Å². The van der Waals surface area contributed by atoms with Crippen molar-refractivity contribution < 1.29 is 14.8 Å². The summed E-state index contributed by atoms with van der Waals surface area (Å²) in [7, 11) is 0. The molecule has 0 aliphatic carbocycles. The Bertz CT molecular complexity index is 814. The number of oxime groups is 2. The topological polar surface area (TPSA) is 129 Å². The maximum Gasteiger partial charge on any atom is 0.151 e. The molecule has 3 atom stereocenters. The summed E-state index contributed by atoms with van der Waals surface area (Å²) in [5.74, 6) is 7.59. The van der Waals surface area contributed by atoms with Crippen LogP contribution in [0.25, 0.3) is 0 Å². The fraction of sp³-hybridized carbons (Fsp3) is 0.652. The zero-order valence-corrected chi connectivity index (χ0v) is 20.0. The molecule has 2 aliphatic rings. The summed E-state index contributed by atoms with van der Waals surface area (Å²) in [6, 6.07) is -0.572. The van der Waals surface area contributed by atoms with Crippen LogP contribution in [0.5, 0.6) is 0 Å². The molecular formula is C23H37N7O3. The second-order valence-corrected chi connectivity index (χ2v) is 8.51. The van der Waals surface area contributed by atoms with Crippen LogP contribution in [0.2, 0.25) is 0 Å². The van der Waals surface area contributed by atoms with Gasteiger partial charge >= 0.3 is 0 Å². The molecule has 0 bridgehead atoms. The first-order valence-corrected chi connectivity index (χ1v) is 11.3. The number of hydrogen-bond donors (Lipinski definition) is 3. The van der Waals surface area contributed by atoms with E-state index < -0.39 is 5.60 Å². The van der Waals surface area contributed by atoms with Gasteiger partial charge in [-0.2, -0.15) is 0 Å². The van der Waals surface area contributed by atoms with Crippen molar-refractivity contribution in [3.63, 3.8) is 0 Å². The number of piperidine rings is 1. The minimum atomic E-state index is -1.09. The smallest absolute Gasteiger partial charge is 0.151 e. The van der Waals surface area contributed by atoms with Gasteiger partial charge in [-0.1, -0.05) is 22.2 Å². The average Bonchev–Trinajstić information content (AvgIpc) is 3.15. The number of likely N-dealkylation sites (N-methyl/N-ethyl adjacent to an activating group) is 1. The molecule has 4 N–H and O–H groups in total. The SMILES string of the molecule is C=N/C=C(/OC[C@H]1CCCNC1)C1C(CC#CC(C)(C)O)N=C(/C(CN)=N/ON=C)N1CC. The lowest BCUT2D eigenvalue weighted by atomic mass is 10.00. The summed E-state index contributed by atoms with van der Waals surface area (Å²) in [5.41, 5.74) is 5.27. The molecule has 0 aromatic heterocycles. The van der Waals surface area contributed by atoms with Gasteiger partial charge in [-0.15, -0.1) is 0 Å². The number of aliphatic hydroxyl groups is 1. The van der Waals surface area contributed by atoms with E-state index in [0.717, 1.165) is 25.9 Å². The Hall–Kier alpha value is -2.74. The Kier molecular flexibility index (Phi) is 10.5. The van der Waals surface area contributed by atoms with Gasteiger partial charge in [-0.3, -0.25) is 9.98 Å². The molecule has 33 heavy (non-hydrogen) atoms. The van der Waals surface area contributed by atoms with Gasteiger partial charge in [0.25, 0.3) is 0 Å². The Labute approximate surface area is 196 Å². The minimum Gasteiger partial charge on any atom is -0.494 e. The fourth-order valence-electron chi connectivity index (χ4n) is 3.92. The monoisotopic (exact) mass is 459 g/mol. The van der Waals surface area contributed by atoms with E-state index in [-0.39, 0.29) is 18.6 Å². The van der Waals surface area contributed by atoms with Gasteiger partial charge < -0.3 is 25.8 Å². The van der Waals surface area contributed by atoms with Crippen LogP contribution in [0.3, 0.4) is 0 Å². The van der Waals surface area contributed by atoms with Crippen molar-refractivity contribution in [1.82, 2.24) is 10.2 Å². The summed E-state index contributed by atoms with van der Waals surface area (Å²) < 4.78 is 6.30. The summed E-state index contributed by atoms with van der Waals surface area (Å²) in [6.07, 6.45) is 4.28. The fourth-order valence-corrected chi connectivity index (χ4v) is 3.92. The molecule has 10 heteroatoms. The van der Waals surface area contributed by atoms with E-state index in [1.807, 2.05) is 11.8 Å². The van der Waals surface area contributed by atoms with Crippen LogP contribution >= 0.6 is 0 Å². The number of rotatable bonds is 11. The first-order valence-electron chi connectivity index (χ1n) is 11.3. The van der Waals surface area contributed by atoms with Crippen LogP contribution < -0.4 is 11.1 Å². The maximum absolute atomic E-state index is 10.00. The second-order valence-electron chi connectivity index (χ2n) is 8.51. The Morgan fingerprint density at radius 3 is 2.82 bits per heavy atom. The van der Waals surface area contributed by atoms with E-state index in [1.165, 1.54) is 0 Å². The van der Waals surface area contributed by atoms with E-state index >= 15 is 0 Å². The van der Waals surface area contributed by atoms with Crippen LogP contribution in [0.1, 0.15) is 40.0 Å². The predicted molar refractivity (Wildman–Crippen MR) is 132 cm³/mol. The van der Waals surface area contributed by atoms with E-state index in [2.05, 4.69) is 45.9 Å². The third-order valence-corrected chi connectivity index (χ3v) is 5.36. The van der Waals surface area contributed by atoms with Gasteiger partial charge in [0.1, 0.15) is 23.1 Å². The molecule has 10 nitrogen and oxygen atoms in total. The molecule has 0 spiro atoms. The van der Waals surface area contributed by atoms with Gasteiger partial charge in [-0.25, -0.2) is 4.94 Å². The maximum atomic E-state index is 10.00. The standard InChI is InChI=1S/C23H37N7O3/c1-6-30-21(20(15-25-4)32-16-17-9-8-12-27-14-17)18(10-7-11-23(2,3)31)28-22(30)19(13-24)29-33-26-5/h15,17-18,21,27,31H,4-6,8-10,12-14,16,24H2,1-3H3/b20-15+,29-19+/t17-,18?,21?/m0/s1. The second kappa shape index (κ2) is 13.1. The zero-order chi connectivity index (χ0) is 24.3. The molecule has 0 aromatic rings. The number of amidine groups is 1. The largest absolute Gasteiger partial charge is 0.494 e. The molecule has 2 rings (SSSR count). The first-order chi connectivity index (χ1) is 15.8. The average molecular weight is 460 g/mol. The molecule has 1 saturated heterocycles. The molecule has 2 heterocycles. The van der Waals surface area contributed by atoms with Gasteiger partial charge in [0.2, 0.25) is 0 Å². The summed E-state index contributed by atoms with van der Waals surface area (Å²) in [5, 5.41) is 20.7. The van der Waals surface area contributed by atoms with E-state index in [0.29, 0.717) is 42.8 Å². The third kappa shape index (κ3) is 7.96. The van der Waals surface area contributed by atoms with Crippen LogP contribution in [0, 0.1) is 17.8 Å². The number of ether oxygens (including phenoxy) is 1. The number of hydrogen-bond acceptors (Lipinski definition) is 10. The highest BCUT2D eigenvalue weighted by Crippen LogP contribution is 2.28. The van der Waals surface area contributed by atoms with Crippen molar-refractivity contribution >= 4 is 25.0 Å². The van der Waals surface area contributed by atoms with Crippen LogP contribution in [-0.2, 0) is 9.68 Å². The van der Waals surface area contributed by atoms with Gasteiger partial charge in [0.15, 0.2) is 5.84 Å². The highest BCUT2D eigenvalue weighted by molar-refractivity contribution is 6.42. The number of nitrogens with one attached hydrogen (secondary N) is 1. The molecular weight excluding hydrogens is 422 g/mol. The highest BCUT2D eigenvalue weighted by atomic mass is 16.8. The summed E-state index contributed by atoms with van der Waals surface area (Å²) in [4.78, 5) is 15.7. The molecule has 182 valence electrons. The molecule has 0 radical (unpaired) electrons. The normalized spacial score (nSPS) is 24.0. The lowest BCUT2D eigenvalue weighted by molar-refractivity contribution is 0.114. The third-order valence-electron chi connectivity index (χ3n) is 5.36. The Morgan fingerprint density at radius 1 is 1.45 bits per heavy atom. The van der Waals surface area contributed by atoms with Crippen LogP contribution in [-0.4, -0.2) is 85.5 Å². The van der Waals surface area contributed by atoms with E-state index in [4.69, 9.17) is 20.4 Å². The Morgan fingerprint density at radius 2 is 2.24 bits per heavy atom. The molecule has 1 fully saturated rings. The van der Waals surface area contributed by atoms with Crippen LogP contribution in [0.4, 0.5) is 0 Å². The molecule has 0 aromatic carbocycles. The zero-order valence-electron chi connectivity index (χ0n) is 20.0. The predicted octanol–water partition coefficient (Wildman–Crippen LogP) is 1.13. The van der Waals surface area contributed by atoms with Gasteiger partial charge in [-0.05, 0) is 46.9 Å². The van der Waals surface area contributed by atoms with E-state index in [9.17, 15) is 5.11 Å². The summed E-state index contributed by atoms with van der Waals surface area (Å²) in [6.45, 7) is 15.5. The Balaban J connectivity index is 2.36. The summed E-state index contributed by atoms with van der Waals surface area (Å²) >= 11 is 0. The number of aliphatic imine (C=N–C) groups is 2. The quantitative estimate of drug-likeness (QED) is 0.184. The lowest BCUT2D eigenvalue weighted by Gasteiger charge is -2.32. The molecule has 0 amide bonds. The van der Waals surface area contributed by atoms with Crippen molar-refractivity contribution in [3.8, 4) is 11.8 Å². The highest BCUT2D eigenvalue weighted by Gasteiger charge is 2.40. The van der Waals surface area contributed by atoms with Crippen molar-refractivity contribution in [2.24, 2.45) is 31.9 Å². The molecule has 2 unspecified atom stereocenters. The van der Waals surface area contributed by atoms with Crippen LogP contribution in [0.15, 0.2) is 32.3 Å². The molecule has 2 aliphatic heterocycles. The number of nitrogens with two attached hydrogens (primary N) is 1. The lowest BCUT2D eigenvalue weighted by Crippen LogP contribution is -2.45. The van der Waals surface area contributed by atoms with Gasteiger partial charge in [0, 0.05) is 38.7 Å². The molecule has 0 saturated carbocycles. The van der Waals surface area contributed by atoms with E-state index in [1.54, 1.807) is 20.0 Å². The number of nitrogens with zero attached hydrogens (tertiary/aromatic N) is 5. The minimum absolute atomic E-state index is 0.104. The van der Waals surface area contributed by atoms with Crippen molar-refractivity contribution in [2.45, 2.75) is 57.7 Å². The van der Waals surface area contributed by atoms with Crippen molar-refractivity contribution in [2.75, 3.05) is 32.8 Å².